The van der Waals surface area contributed by atoms with E-state index in [1.165, 1.54) is 11.8 Å². The lowest BCUT2D eigenvalue weighted by Crippen LogP contribution is -2.26. The van der Waals surface area contributed by atoms with Crippen LogP contribution in [0.1, 0.15) is 26.7 Å². The van der Waals surface area contributed by atoms with E-state index in [4.69, 9.17) is 4.74 Å². The smallest absolute Gasteiger partial charge is 0.230 e. The van der Waals surface area contributed by atoms with Crippen molar-refractivity contribution < 1.29 is 9.53 Å². The first-order valence-corrected chi connectivity index (χ1v) is 9.15. The quantitative estimate of drug-likeness (QED) is 0.557. The minimum Gasteiger partial charge on any atom is -0.496 e. The van der Waals surface area contributed by atoms with Gasteiger partial charge in [-0.1, -0.05) is 37.2 Å². The van der Waals surface area contributed by atoms with Crippen LogP contribution in [0.3, 0.4) is 0 Å². The Morgan fingerprint density at radius 1 is 1.29 bits per heavy atom. The maximum atomic E-state index is 11.9. The molecule has 0 spiro atoms. The second kappa shape index (κ2) is 9.32. The van der Waals surface area contributed by atoms with E-state index in [1.54, 1.807) is 7.11 Å². The number of thioether (sulfide) groups is 1. The van der Waals surface area contributed by atoms with Gasteiger partial charge in [0.15, 0.2) is 11.0 Å². The van der Waals surface area contributed by atoms with E-state index in [1.807, 2.05) is 35.8 Å². The Bertz CT molecular complexity index is 672. The zero-order valence-corrected chi connectivity index (χ0v) is 15.2. The Morgan fingerprint density at radius 3 is 2.79 bits per heavy atom. The van der Waals surface area contributed by atoms with Crippen LogP contribution in [0.25, 0.3) is 11.4 Å². The van der Waals surface area contributed by atoms with Gasteiger partial charge in [0, 0.05) is 13.1 Å². The van der Waals surface area contributed by atoms with Gasteiger partial charge in [0.25, 0.3) is 0 Å². The van der Waals surface area contributed by atoms with Gasteiger partial charge in [-0.3, -0.25) is 4.79 Å². The van der Waals surface area contributed by atoms with Crippen LogP contribution < -0.4 is 10.1 Å². The number of rotatable bonds is 9. The van der Waals surface area contributed by atoms with Crippen molar-refractivity contribution in [3.63, 3.8) is 0 Å². The first-order chi connectivity index (χ1) is 11.7. The molecule has 0 saturated carbocycles. The molecule has 1 heterocycles. The molecule has 2 rings (SSSR count). The Hall–Kier alpha value is -2.02. The van der Waals surface area contributed by atoms with Crippen LogP contribution in [0.2, 0.25) is 0 Å². The molecule has 1 aromatic heterocycles. The summed E-state index contributed by atoms with van der Waals surface area (Å²) >= 11 is 1.40. The summed E-state index contributed by atoms with van der Waals surface area (Å²) in [4.78, 5) is 11.9. The summed E-state index contributed by atoms with van der Waals surface area (Å²) in [6.07, 6.45) is 2.07. The number of nitrogens with one attached hydrogen (secondary N) is 1. The number of hydrogen-bond donors (Lipinski definition) is 1. The van der Waals surface area contributed by atoms with Crippen LogP contribution in [0.5, 0.6) is 5.75 Å². The Morgan fingerprint density at radius 2 is 2.08 bits per heavy atom. The number of hydrogen-bond acceptors (Lipinski definition) is 5. The topological polar surface area (TPSA) is 69.0 Å². The van der Waals surface area contributed by atoms with Crippen molar-refractivity contribution in [1.82, 2.24) is 20.1 Å². The average molecular weight is 348 g/mol. The largest absolute Gasteiger partial charge is 0.496 e. The summed E-state index contributed by atoms with van der Waals surface area (Å²) in [5.41, 5.74) is 0.897. The molecule has 0 radical (unpaired) electrons. The molecule has 6 nitrogen and oxygen atoms in total. The highest BCUT2D eigenvalue weighted by atomic mass is 32.2. The molecule has 7 heteroatoms. The highest BCUT2D eigenvalue weighted by Crippen LogP contribution is 2.30. The average Bonchev–Trinajstić information content (AvgIpc) is 3.02. The van der Waals surface area contributed by atoms with Gasteiger partial charge in [0.1, 0.15) is 5.75 Å². The first kappa shape index (κ1) is 18.3. The molecule has 24 heavy (non-hydrogen) atoms. The monoisotopic (exact) mass is 348 g/mol. The fraction of sp³-hybridized carbons (Fsp3) is 0.471. The Labute approximate surface area is 147 Å². The van der Waals surface area contributed by atoms with E-state index >= 15 is 0 Å². The molecule has 1 aromatic carbocycles. The summed E-state index contributed by atoms with van der Waals surface area (Å²) in [6.45, 7) is 5.58. The molecule has 0 fully saturated rings. The summed E-state index contributed by atoms with van der Waals surface area (Å²) in [6, 6.07) is 7.73. The van der Waals surface area contributed by atoms with Gasteiger partial charge >= 0.3 is 0 Å². The summed E-state index contributed by atoms with van der Waals surface area (Å²) in [5.74, 6) is 1.88. The van der Waals surface area contributed by atoms with E-state index in [2.05, 4.69) is 22.4 Å². The normalized spacial score (nSPS) is 10.6. The molecule has 0 bridgehead atoms. The molecule has 0 aliphatic heterocycles. The third-order valence-electron chi connectivity index (χ3n) is 3.57. The second-order valence-electron chi connectivity index (χ2n) is 5.24. The minimum absolute atomic E-state index is 0.0259. The zero-order chi connectivity index (χ0) is 17.4. The molecule has 1 N–H and O–H groups in total. The van der Waals surface area contributed by atoms with Crippen LogP contribution in [-0.2, 0) is 11.3 Å². The van der Waals surface area contributed by atoms with Crippen LogP contribution in [0.4, 0.5) is 0 Å². The van der Waals surface area contributed by atoms with E-state index < -0.39 is 0 Å². The van der Waals surface area contributed by atoms with Gasteiger partial charge in [0.05, 0.1) is 18.4 Å². The van der Waals surface area contributed by atoms with Gasteiger partial charge in [0.2, 0.25) is 5.91 Å². The van der Waals surface area contributed by atoms with E-state index in [-0.39, 0.29) is 5.91 Å². The van der Waals surface area contributed by atoms with Gasteiger partial charge in [-0.25, -0.2) is 0 Å². The number of unbranched alkanes of at least 4 members (excludes halogenated alkanes) is 1. The standard InChI is InChI=1S/C17H24N4O2S/c1-4-6-11-18-15(22)12-24-17-20-19-16(21(17)5-2)13-9-7-8-10-14(13)23-3/h7-10H,4-6,11-12H2,1-3H3,(H,18,22). The molecule has 0 atom stereocenters. The van der Waals surface area contributed by atoms with E-state index in [9.17, 15) is 4.79 Å². The molecule has 1 amide bonds. The van der Waals surface area contributed by atoms with Crippen molar-refractivity contribution in [2.75, 3.05) is 19.4 Å². The van der Waals surface area contributed by atoms with Crippen molar-refractivity contribution in [3.05, 3.63) is 24.3 Å². The molecule has 0 aliphatic rings. The number of carbonyl (C=O) groups is 1. The van der Waals surface area contributed by atoms with Crippen LogP contribution in [-0.4, -0.2) is 40.1 Å². The maximum absolute atomic E-state index is 11.9. The fourth-order valence-corrected chi connectivity index (χ4v) is 3.13. The zero-order valence-electron chi connectivity index (χ0n) is 14.4. The number of amides is 1. The highest BCUT2D eigenvalue weighted by molar-refractivity contribution is 7.99. The van der Waals surface area contributed by atoms with Gasteiger partial charge in [-0.15, -0.1) is 10.2 Å². The Kier molecular flexibility index (Phi) is 7.11. The van der Waals surface area contributed by atoms with E-state index in [0.29, 0.717) is 5.75 Å². The van der Waals surface area contributed by atoms with Gasteiger partial charge in [-0.05, 0) is 25.5 Å². The number of ether oxygens (including phenoxy) is 1. The molecule has 2 aromatic rings. The number of para-hydroxylation sites is 1. The van der Waals surface area contributed by atoms with Gasteiger partial charge in [-0.2, -0.15) is 0 Å². The van der Waals surface area contributed by atoms with Crippen molar-refractivity contribution in [1.29, 1.82) is 0 Å². The number of aromatic nitrogens is 3. The molecule has 130 valence electrons. The van der Waals surface area contributed by atoms with Crippen molar-refractivity contribution in [2.24, 2.45) is 0 Å². The molecular formula is C17H24N4O2S. The predicted molar refractivity (Wildman–Crippen MR) is 96.3 cm³/mol. The highest BCUT2D eigenvalue weighted by Gasteiger charge is 2.17. The fourth-order valence-electron chi connectivity index (χ4n) is 2.29. The predicted octanol–water partition coefficient (Wildman–Crippen LogP) is 2.98. The summed E-state index contributed by atoms with van der Waals surface area (Å²) < 4.78 is 7.41. The summed E-state index contributed by atoms with van der Waals surface area (Å²) in [5, 5.41) is 12.2. The molecule has 0 unspecified atom stereocenters. The lowest BCUT2D eigenvalue weighted by Gasteiger charge is -2.10. The molecule has 0 aliphatic carbocycles. The summed E-state index contributed by atoms with van der Waals surface area (Å²) in [7, 11) is 1.64. The third kappa shape index (κ3) is 4.50. The van der Waals surface area contributed by atoms with E-state index in [0.717, 1.165) is 48.2 Å². The van der Waals surface area contributed by atoms with Crippen LogP contribution in [0, 0.1) is 0 Å². The minimum atomic E-state index is 0.0259. The number of nitrogens with zero attached hydrogens (tertiary/aromatic N) is 3. The number of methoxy groups -OCH3 is 1. The SMILES string of the molecule is CCCCNC(=O)CSc1nnc(-c2ccccc2OC)n1CC. The van der Waals surface area contributed by atoms with Crippen LogP contribution in [0.15, 0.2) is 29.4 Å². The first-order valence-electron chi connectivity index (χ1n) is 8.17. The van der Waals surface area contributed by atoms with Crippen LogP contribution >= 0.6 is 11.8 Å². The number of benzene rings is 1. The second-order valence-corrected chi connectivity index (χ2v) is 6.19. The lowest BCUT2D eigenvalue weighted by atomic mass is 10.2. The lowest BCUT2D eigenvalue weighted by molar-refractivity contribution is -0.118. The van der Waals surface area contributed by atoms with Crippen molar-refractivity contribution in [3.8, 4) is 17.1 Å². The van der Waals surface area contributed by atoms with Gasteiger partial charge < -0.3 is 14.6 Å². The Balaban J connectivity index is 2.11. The maximum Gasteiger partial charge on any atom is 0.230 e. The third-order valence-corrected chi connectivity index (χ3v) is 4.53. The van der Waals surface area contributed by atoms with Crippen molar-refractivity contribution in [2.45, 2.75) is 38.4 Å². The van der Waals surface area contributed by atoms with Crippen molar-refractivity contribution >= 4 is 17.7 Å². The number of carbonyl (C=O) groups excluding carboxylic acids is 1. The molecular weight excluding hydrogens is 324 g/mol. The molecule has 0 saturated heterocycles.